The number of thioether (sulfide) groups is 1. The molecule has 0 aliphatic heterocycles. The molecule has 27 heavy (non-hydrogen) atoms. The van der Waals surface area contributed by atoms with Crippen LogP contribution in [0.3, 0.4) is 0 Å². The van der Waals surface area contributed by atoms with E-state index in [1.54, 1.807) is 16.7 Å². The second kappa shape index (κ2) is 8.01. The minimum Gasteiger partial charge on any atom is -0.341 e. The Morgan fingerprint density at radius 3 is 2.81 bits per heavy atom. The Morgan fingerprint density at radius 1 is 1.15 bits per heavy atom. The van der Waals surface area contributed by atoms with Crippen LogP contribution in [0.25, 0.3) is 5.69 Å². The van der Waals surface area contributed by atoms with Gasteiger partial charge in [-0.1, -0.05) is 24.3 Å². The Bertz CT molecular complexity index is 936. The second-order valence-corrected chi connectivity index (χ2v) is 8.00. The average Bonchev–Trinajstić information content (AvgIpc) is 3.35. The molecular weight excluding hydrogens is 354 g/mol. The average molecular weight is 378 g/mol. The molecule has 0 fully saturated rings. The topological polar surface area (TPSA) is 38.1 Å². The van der Waals surface area contributed by atoms with Gasteiger partial charge in [-0.15, -0.1) is 11.8 Å². The number of para-hydroxylation sites is 1. The lowest BCUT2D eigenvalue weighted by molar-refractivity contribution is -0.127. The molecule has 0 N–H and O–H groups in total. The van der Waals surface area contributed by atoms with Crippen molar-refractivity contribution < 1.29 is 4.79 Å². The van der Waals surface area contributed by atoms with E-state index in [0.717, 1.165) is 11.3 Å². The van der Waals surface area contributed by atoms with Crippen molar-refractivity contribution in [1.82, 2.24) is 14.7 Å². The van der Waals surface area contributed by atoms with Gasteiger partial charge in [-0.25, -0.2) is 4.68 Å². The van der Waals surface area contributed by atoms with Crippen molar-refractivity contribution in [2.45, 2.75) is 30.7 Å². The van der Waals surface area contributed by atoms with E-state index in [2.05, 4.69) is 23.3 Å². The van der Waals surface area contributed by atoms with Crippen LogP contribution in [0.5, 0.6) is 0 Å². The summed E-state index contributed by atoms with van der Waals surface area (Å²) in [7, 11) is 1.85. The lowest BCUT2D eigenvalue weighted by Gasteiger charge is -2.16. The molecule has 0 spiro atoms. The van der Waals surface area contributed by atoms with E-state index < -0.39 is 0 Å². The van der Waals surface area contributed by atoms with E-state index in [1.807, 2.05) is 54.5 Å². The number of aromatic nitrogens is 2. The maximum absolute atomic E-state index is 12.5. The van der Waals surface area contributed by atoms with Crippen LogP contribution in [0.2, 0.25) is 0 Å². The lowest BCUT2D eigenvalue weighted by atomic mass is 10.1. The summed E-state index contributed by atoms with van der Waals surface area (Å²) in [5.41, 5.74) is 4.97. The molecule has 1 heterocycles. The van der Waals surface area contributed by atoms with E-state index in [1.165, 1.54) is 35.3 Å². The highest BCUT2D eigenvalue weighted by Gasteiger charge is 2.14. The normalized spacial score (nSPS) is 12.8. The van der Waals surface area contributed by atoms with Crippen LogP contribution in [0, 0.1) is 0 Å². The van der Waals surface area contributed by atoms with E-state index in [9.17, 15) is 4.79 Å². The summed E-state index contributed by atoms with van der Waals surface area (Å²) >= 11 is 1.62. The van der Waals surface area contributed by atoms with Crippen LogP contribution >= 0.6 is 11.8 Å². The number of amides is 1. The van der Waals surface area contributed by atoms with Crippen molar-refractivity contribution in [3.8, 4) is 5.69 Å². The number of carbonyl (C=O) groups excluding carboxylic acids is 1. The fourth-order valence-electron chi connectivity index (χ4n) is 3.42. The molecule has 138 valence electrons. The van der Waals surface area contributed by atoms with Gasteiger partial charge in [0.1, 0.15) is 0 Å². The molecule has 0 bridgehead atoms. The number of rotatable bonds is 6. The standard InChI is InChI=1S/C22H23N3OS/c1-24(14-17-13-23-25(15-17)20-8-3-2-4-9-20)22(26)16-27-21-11-10-18-6-5-7-19(18)12-21/h2-4,8-13,15H,5-7,14,16H2,1H3. The molecule has 0 saturated heterocycles. The van der Waals surface area contributed by atoms with Crippen molar-refractivity contribution in [3.63, 3.8) is 0 Å². The molecule has 1 aromatic heterocycles. The van der Waals surface area contributed by atoms with Gasteiger partial charge in [0.25, 0.3) is 0 Å². The van der Waals surface area contributed by atoms with Crippen LogP contribution in [-0.2, 0) is 24.2 Å². The molecule has 2 aromatic carbocycles. The number of carbonyl (C=O) groups is 1. The molecule has 4 nitrogen and oxygen atoms in total. The number of aryl methyl sites for hydroxylation is 2. The lowest BCUT2D eigenvalue weighted by Crippen LogP contribution is -2.27. The summed E-state index contributed by atoms with van der Waals surface area (Å²) in [5, 5.41) is 4.40. The molecule has 0 saturated carbocycles. The first kappa shape index (κ1) is 17.9. The fourth-order valence-corrected chi connectivity index (χ4v) is 4.32. The zero-order valence-corrected chi connectivity index (χ0v) is 16.3. The third-order valence-electron chi connectivity index (χ3n) is 4.93. The molecular formula is C22H23N3OS. The minimum atomic E-state index is 0.132. The smallest absolute Gasteiger partial charge is 0.232 e. The predicted octanol–water partition coefficient (Wildman–Crippen LogP) is 4.11. The summed E-state index contributed by atoms with van der Waals surface area (Å²) in [6, 6.07) is 16.6. The van der Waals surface area contributed by atoms with Gasteiger partial charge in [0.05, 0.1) is 17.6 Å². The summed E-state index contributed by atoms with van der Waals surface area (Å²) in [6.07, 6.45) is 7.42. The van der Waals surface area contributed by atoms with Crippen LogP contribution in [0.4, 0.5) is 0 Å². The largest absolute Gasteiger partial charge is 0.341 e. The van der Waals surface area contributed by atoms with Crippen molar-refractivity contribution in [3.05, 3.63) is 77.6 Å². The van der Waals surface area contributed by atoms with E-state index >= 15 is 0 Å². The first-order valence-corrected chi connectivity index (χ1v) is 10.2. The van der Waals surface area contributed by atoms with Crippen LogP contribution in [0.15, 0.2) is 65.8 Å². The van der Waals surface area contributed by atoms with Gasteiger partial charge in [-0.2, -0.15) is 5.10 Å². The van der Waals surface area contributed by atoms with Crippen molar-refractivity contribution in [1.29, 1.82) is 0 Å². The van der Waals surface area contributed by atoms with Crippen LogP contribution in [0.1, 0.15) is 23.1 Å². The second-order valence-electron chi connectivity index (χ2n) is 6.95. The Labute approximate surface area is 164 Å². The van der Waals surface area contributed by atoms with Crippen molar-refractivity contribution >= 4 is 17.7 Å². The van der Waals surface area contributed by atoms with Gasteiger partial charge in [-0.05, 0) is 54.7 Å². The SMILES string of the molecule is CN(Cc1cnn(-c2ccccc2)c1)C(=O)CSc1ccc2c(c1)CCC2. The van der Waals surface area contributed by atoms with Crippen LogP contribution < -0.4 is 0 Å². The zero-order chi connectivity index (χ0) is 18.6. The molecule has 1 aliphatic rings. The van der Waals surface area contributed by atoms with Crippen molar-refractivity contribution in [2.24, 2.45) is 0 Å². The Kier molecular flexibility index (Phi) is 5.30. The number of nitrogens with zero attached hydrogens (tertiary/aromatic N) is 3. The van der Waals surface area contributed by atoms with Gasteiger partial charge in [0.2, 0.25) is 5.91 Å². The molecule has 4 rings (SSSR count). The summed E-state index contributed by atoms with van der Waals surface area (Å²) in [4.78, 5) is 15.5. The Hall–Kier alpha value is -2.53. The monoisotopic (exact) mass is 377 g/mol. The number of benzene rings is 2. The van der Waals surface area contributed by atoms with E-state index in [0.29, 0.717) is 12.3 Å². The van der Waals surface area contributed by atoms with Gasteiger partial charge >= 0.3 is 0 Å². The predicted molar refractivity (Wildman–Crippen MR) is 109 cm³/mol. The summed E-state index contributed by atoms with van der Waals surface area (Å²) in [5.74, 6) is 0.593. The number of fused-ring (bicyclic) bond motifs is 1. The first-order chi connectivity index (χ1) is 13.2. The number of hydrogen-bond donors (Lipinski definition) is 0. The molecule has 5 heteroatoms. The fraction of sp³-hybridized carbons (Fsp3) is 0.273. The molecule has 3 aromatic rings. The molecule has 0 unspecified atom stereocenters. The highest BCUT2D eigenvalue weighted by Crippen LogP contribution is 2.27. The van der Waals surface area contributed by atoms with E-state index in [-0.39, 0.29) is 5.91 Å². The van der Waals surface area contributed by atoms with Gasteiger partial charge in [0, 0.05) is 30.2 Å². The maximum Gasteiger partial charge on any atom is 0.232 e. The summed E-state index contributed by atoms with van der Waals surface area (Å²) < 4.78 is 1.84. The minimum absolute atomic E-state index is 0.132. The third kappa shape index (κ3) is 4.25. The summed E-state index contributed by atoms with van der Waals surface area (Å²) in [6.45, 7) is 0.566. The molecule has 0 atom stereocenters. The molecule has 1 aliphatic carbocycles. The Balaban J connectivity index is 1.32. The van der Waals surface area contributed by atoms with E-state index in [4.69, 9.17) is 0 Å². The zero-order valence-electron chi connectivity index (χ0n) is 15.5. The number of hydrogen-bond acceptors (Lipinski definition) is 3. The van der Waals surface area contributed by atoms with Crippen molar-refractivity contribution in [2.75, 3.05) is 12.8 Å². The molecule has 1 amide bonds. The quantitative estimate of drug-likeness (QED) is 0.607. The highest BCUT2D eigenvalue weighted by molar-refractivity contribution is 8.00. The maximum atomic E-state index is 12.5. The third-order valence-corrected chi connectivity index (χ3v) is 5.91. The van der Waals surface area contributed by atoms with Crippen LogP contribution in [-0.4, -0.2) is 33.4 Å². The van der Waals surface area contributed by atoms with Gasteiger partial charge in [0.15, 0.2) is 0 Å². The highest BCUT2D eigenvalue weighted by atomic mass is 32.2. The Morgan fingerprint density at radius 2 is 1.96 bits per heavy atom. The first-order valence-electron chi connectivity index (χ1n) is 9.26. The molecule has 0 radical (unpaired) electrons. The van der Waals surface area contributed by atoms with Gasteiger partial charge < -0.3 is 4.90 Å². The van der Waals surface area contributed by atoms with Gasteiger partial charge in [-0.3, -0.25) is 4.79 Å².